The molecule has 0 aliphatic heterocycles. The van der Waals surface area contributed by atoms with Crippen LogP contribution in [0.3, 0.4) is 0 Å². The minimum atomic E-state index is -0.691. The van der Waals surface area contributed by atoms with Gasteiger partial charge in [-0.15, -0.1) is 0 Å². The number of hydrogen-bond acceptors (Lipinski definition) is 4. The molecular weight excluding hydrogens is 789 g/mol. The van der Waals surface area contributed by atoms with Crippen molar-refractivity contribution in [3.8, 4) is 78.5 Å². The molecule has 0 radical (unpaired) electrons. The molecule has 1 unspecified atom stereocenters. The lowest BCUT2D eigenvalue weighted by Crippen LogP contribution is -2.29. The van der Waals surface area contributed by atoms with Crippen LogP contribution >= 0.6 is 0 Å². The van der Waals surface area contributed by atoms with E-state index < -0.39 is 5.41 Å². The Morgan fingerprint density at radius 1 is 0.338 bits per heavy atom. The number of benzene rings is 9. The second kappa shape index (κ2) is 13.7. The standard InChI is InChI=1S/C61H36N4/c1-2-12-37(13-3-1)55-34-56(43-27-30-54(63-36-43)42-16-11-31-62-35-42)65-60(64-55)41-26-28-47-45-18-5-4-17-44(45)46-19-6-8-21-50(46)61(52(47)33-41)51-22-9-7-20-48(51)59-49-29-25-39-15-10-14-38-23-24-40(32-53(59)61)58(49)57(38)39/h1-36H. The van der Waals surface area contributed by atoms with Gasteiger partial charge >= 0.3 is 0 Å². The van der Waals surface area contributed by atoms with Crippen molar-refractivity contribution in [3.05, 3.63) is 241 Å². The van der Waals surface area contributed by atoms with Crippen molar-refractivity contribution >= 4 is 32.3 Å². The summed E-state index contributed by atoms with van der Waals surface area (Å²) in [4.78, 5) is 20.0. The highest BCUT2D eigenvalue weighted by atomic mass is 14.9. The van der Waals surface area contributed by atoms with Crippen molar-refractivity contribution in [3.63, 3.8) is 0 Å². The largest absolute Gasteiger partial charge is 0.264 e. The molecule has 2 aliphatic carbocycles. The van der Waals surface area contributed by atoms with Crippen molar-refractivity contribution in [2.75, 3.05) is 0 Å². The molecule has 3 heterocycles. The molecule has 65 heavy (non-hydrogen) atoms. The molecule has 3 aromatic heterocycles. The molecule has 12 aromatic rings. The van der Waals surface area contributed by atoms with Crippen molar-refractivity contribution in [2.24, 2.45) is 0 Å². The highest BCUT2D eigenvalue weighted by Crippen LogP contribution is 2.63. The van der Waals surface area contributed by atoms with Gasteiger partial charge in [0.15, 0.2) is 5.82 Å². The Kier molecular flexibility index (Phi) is 7.57. The molecule has 0 amide bonds. The van der Waals surface area contributed by atoms with Crippen LogP contribution in [0.25, 0.3) is 111 Å². The Bertz CT molecular complexity index is 3860. The molecule has 2 aliphatic rings. The van der Waals surface area contributed by atoms with Gasteiger partial charge in [0.2, 0.25) is 0 Å². The van der Waals surface area contributed by atoms with Crippen LogP contribution in [0.5, 0.6) is 0 Å². The average molecular weight is 825 g/mol. The summed E-state index contributed by atoms with van der Waals surface area (Å²) in [6, 6.07) is 73.2. The van der Waals surface area contributed by atoms with E-state index in [1.165, 1.54) is 88.0 Å². The molecule has 0 fully saturated rings. The van der Waals surface area contributed by atoms with Crippen molar-refractivity contribution in [1.29, 1.82) is 0 Å². The molecule has 0 bridgehead atoms. The second-order valence-electron chi connectivity index (χ2n) is 17.3. The zero-order valence-electron chi connectivity index (χ0n) is 35.1. The first kappa shape index (κ1) is 35.9. The van der Waals surface area contributed by atoms with E-state index in [-0.39, 0.29) is 0 Å². The van der Waals surface area contributed by atoms with Crippen LogP contribution in [0.1, 0.15) is 22.3 Å². The third-order valence-corrected chi connectivity index (χ3v) is 14.0. The molecule has 14 rings (SSSR count). The van der Waals surface area contributed by atoms with Gasteiger partial charge in [0, 0.05) is 40.8 Å². The molecule has 4 heteroatoms. The molecule has 1 spiro atoms. The van der Waals surface area contributed by atoms with Crippen LogP contribution in [0.2, 0.25) is 0 Å². The zero-order chi connectivity index (χ0) is 42.6. The van der Waals surface area contributed by atoms with Gasteiger partial charge in [-0.3, -0.25) is 9.97 Å². The highest BCUT2D eigenvalue weighted by molar-refractivity contribution is 6.27. The minimum Gasteiger partial charge on any atom is -0.264 e. The van der Waals surface area contributed by atoms with E-state index in [1.54, 1.807) is 6.20 Å². The molecule has 0 saturated carbocycles. The fraction of sp³-hybridized carbons (Fsp3) is 0.0164. The monoisotopic (exact) mass is 824 g/mol. The maximum atomic E-state index is 5.40. The summed E-state index contributed by atoms with van der Waals surface area (Å²) in [6.45, 7) is 0. The fourth-order valence-electron chi connectivity index (χ4n) is 11.2. The summed E-state index contributed by atoms with van der Waals surface area (Å²) >= 11 is 0. The van der Waals surface area contributed by atoms with Gasteiger partial charge in [-0.25, -0.2) is 9.97 Å². The van der Waals surface area contributed by atoms with Gasteiger partial charge in [0.05, 0.1) is 22.5 Å². The number of pyridine rings is 2. The second-order valence-corrected chi connectivity index (χ2v) is 17.3. The van der Waals surface area contributed by atoms with Gasteiger partial charge < -0.3 is 0 Å². The molecule has 0 saturated heterocycles. The average Bonchev–Trinajstić information content (AvgIpc) is 3.63. The zero-order valence-corrected chi connectivity index (χ0v) is 35.1. The number of aromatic nitrogens is 4. The van der Waals surface area contributed by atoms with Crippen molar-refractivity contribution in [1.82, 2.24) is 19.9 Å². The smallest absolute Gasteiger partial charge is 0.160 e. The molecule has 300 valence electrons. The lowest BCUT2D eigenvalue weighted by atomic mass is 9.65. The summed E-state index contributed by atoms with van der Waals surface area (Å²) in [5.74, 6) is 0.656. The first-order valence-corrected chi connectivity index (χ1v) is 22.2. The van der Waals surface area contributed by atoms with Gasteiger partial charge in [-0.05, 0) is 130 Å². The highest BCUT2D eigenvalue weighted by Gasteiger charge is 2.50. The third-order valence-electron chi connectivity index (χ3n) is 14.0. The Balaban J connectivity index is 1.07. The van der Waals surface area contributed by atoms with Crippen LogP contribution in [-0.2, 0) is 5.41 Å². The Morgan fingerprint density at radius 3 is 1.72 bits per heavy atom. The first-order chi connectivity index (χ1) is 32.2. The lowest BCUT2D eigenvalue weighted by molar-refractivity contribution is 0.777. The summed E-state index contributed by atoms with van der Waals surface area (Å²) in [5, 5.41) is 7.72. The van der Waals surface area contributed by atoms with Crippen molar-refractivity contribution in [2.45, 2.75) is 5.41 Å². The molecular formula is C61H36N4. The normalized spacial score (nSPS) is 14.5. The predicted octanol–water partition coefficient (Wildman–Crippen LogP) is 14.8. The molecule has 9 aromatic carbocycles. The molecule has 0 N–H and O–H groups in total. The minimum absolute atomic E-state index is 0.656. The maximum absolute atomic E-state index is 5.40. The van der Waals surface area contributed by atoms with Gasteiger partial charge in [0.1, 0.15) is 0 Å². The number of hydrogen-bond donors (Lipinski definition) is 0. The Morgan fingerprint density at radius 2 is 0.969 bits per heavy atom. The van der Waals surface area contributed by atoms with Gasteiger partial charge in [-0.2, -0.15) is 0 Å². The SMILES string of the molecule is c1ccc(-c2cc(-c3ccc(-c4cccnc4)nc3)nc(-c3ccc4c(c3)C3(c5ccccc5-c5ccccc5-4)c4ccccc4-c4c3cc3ccc5cccc6ccc4c3c56)n2)cc1. The predicted molar refractivity (Wildman–Crippen MR) is 265 cm³/mol. The van der Waals surface area contributed by atoms with Gasteiger partial charge in [-0.1, -0.05) is 158 Å². The summed E-state index contributed by atoms with van der Waals surface area (Å²) < 4.78 is 0. The Hall–Kier alpha value is -8.60. The van der Waals surface area contributed by atoms with E-state index in [9.17, 15) is 0 Å². The van der Waals surface area contributed by atoms with E-state index in [0.29, 0.717) is 5.82 Å². The molecule has 4 nitrogen and oxygen atoms in total. The van der Waals surface area contributed by atoms with Crippen molar-refractivity contribution < 1.29 is 0 Å². The number of rotatable bonds is 4. The Labute approximate surface area is 375 Å². The number of fused-ring (bicyclic) bond motifs is 13. The van der Waals surface area contributed by atoms with Crippen LogP contribution in [0, 0.1) is 0 Å². The summed E-state index contributed by atoms with van der Waals surface area (Å²) in [6.07, 6.45) is 5.53. The third kappa shape index (κ3) is 5.13. The fourth-order valence-corrected chi connectivity index (χ4v) is 11.2. The summed E-state index contributed by atoms with van der Waals surface area (Å²) in [7, 11) is 0. The van der Waals surface area contributed by atoms with E-state index in [4.69, 9.17) is 15.0 Å². The van der Waals surface area contributed by atoms with Gasteiger partial charge in [0.25, 0.3) is 0 Å². The quantitative estimate of drug-likeness (QED) is 0.166. The summed E-state index contributed by atoms with van der Waals surface area (Å²) in [5.41, 5.74) is 18.2. The molecule has 1 atom stereocenters. The first-order valence-electron chi connectivity index (χ1n) is 22.2. The van der Waals surface area contributed by atoms with Crippen LogP contribution in [0.4, 0.5) is 0 Å². The van der Waals surface area contributed by atoms with E-state index in [2.05, 4.69) is 181 Å². The van der Waals surface area contributed by atoms with Crippen LogP contribution < -0.4 is 0 Å². The maximum Gasteiger partial charge on any atom is 0.160 e. The van der Waals surface area contributed by atoms with E-state index >= 15 is 0 Å². The topological polar surface area (TPSA) is 51.6 Å². The van der Waals surface area contributed by atoms with Crippen LogP contribution in [-0.4, -0.2) is 19.9 Å². The lowest BCUT2D eigenvalue weighted by Gasteiger charge is -2.36. The van der Waals surface area contributed by atoms with E-state index in [1.807, 2.05) is 36.7 Å². The van der Waals surface area contributed by atoms with Crippen LogP contribution in [0.15, 0.2) is 219 Å². The van der Waals surface area contributed by atoms with E-state index in [0.717, 1.165) is 39.3 Å². The number of nitrogens with zero attached hydrogens (tertiary/aromatic N) is 4.